The van der Waals surface area contributed by atoms with Crippen LogP contribution in [0.3, 0.4) is 0 Å². The average molecular weight is 719 g/mol. The summed E-state index contributed by atoms with van der Waals surface area (Å²) < 4.78 is 29.3. The van der Waals surface area contributed by atoms with Crippen molar-refractivity contribution in [2.45, 2.75) is 206 Å². The number of esters is 1. The monoisotopic (exact) mass is 719 g/mol. The molecular weight excluding hydrogens is 637 g/mol. The number of phosphoric ester groups is 1. The maximum Gasteiger partial charge on any atom is 0.472 e. The van der Waals surface area contributed by atoms with Crippen molar-refractivity contribution in [3.8, 4) is 0 Å². The van der Waals surface area contributed by atoms with Crippen molar-refractivity contribution in [3.05, 3.63) is 0 Å². The Labute approximate surface area is 303 Å². The number of Topliss-reactive ketones (excluding diaryl/α,β-unsaturated/α-hetero) is 1. The fourth-order valence-corrected chi connectivity index (χ4v) is 6.90. The van der Waals surface area contributed by atoms with E-state index in [0.717, 1.165) is 38.5 Å². The molecule has 0 spiro atoms. The second kappa shape index (κ2) is 33.1. The summed E-state index contributed by atoms with van der Waals surface area (Å²) in [6.45, 7) is 4.83. The molecule has 0 heterocycles. The first-order chi connectivity index (χ1) is 23.5. The third-order valence-electron chi connectivity index (χ3n) is 9.23. The highest BCUT2D eigenvalue weighted by Crippen LogP contribution is 2.45. The lowest BCUT2D eigenvalue weighted by Crippen LogP contribution is -2.37. The molecule has 0 saturated heterocycles. The molecule has 0 radical (unpaired) electrons. The van der Waals surface area contributed by atoms with Crippen LogP contribution in [0.25, 0.3) is 0 Å². The molecule has 2 atom stereocenters. The summed E-state index contributed by atoms with van der Waals surface area (Å²) in [6.07, 6.45) is 31.7. The van der Waals surface area contributed by atoms with Gasteiger partial charge in [0.25, 0.3) is 0 Å². The van der Waals surface area contributed by atoms with Crippen molar-refractivity contribution >= 4 is 19.6 Å². The van der Waals surface area contributed by atoms with Gasteiger partial charge in [-0.15, -0.1) is 0 Å². The SMILES string of the molecule is CCCCCCCCCCCCCCCC(=O)C[C@H](COC(=O)CCCCCCCCCCCCCCC)OP(=O)(O)OCC[N+](C)(C)C. The van der Waals surface area contributed by atoms with Crippen molar-refractivity contribution in [2.24, 2.45) is 0 Å². The van der Waals surface area contributed by atoms with E-state index in [9.17, 15) is 19.0 Å². The molecule has 9 heteroatoms. The van der Waals surface area contributed by atoms with Crippen LogP contribution < -0.4 is 0 Å². The molecule has 0 aromatic heterocycles. The van der Waals surface area contributed by atoms with Crippen molar-refractivity contribution in [3.63, 3.8) is 0 Å². The summed E-state index contributed by atoms with van der Waals surface area (Å²) in [6, 6.07) is 0. The van der Waals surface area contributed by atoms with E-state index in [4.69, 9.17) is 13.8 Å². The van der Waals surface area contributed by atoms with Gasteiger partial charge in [-0.3, -0.25) is 18.6 Å². The van der Waals surface area contributed by atoms with Crippen LogP contribution in [0.1, 0.15) is 200 Å². The summed E-state index contributed by atoms with van der Waals surface area (Å²) in [5.41, 5.74) is 0. The van der Waals surface area contributed by atoms with Gasteiger partial charge < -0.3 is 14.1 Å². The zero-order valence-corrected chi connectivity index (χ0v) is 33.9. The third-order valence-corrected chi connectivity index (χ3v) is 10.3. The number of phosphoric acid groups is 1. The summed E-state index contributed by atoms with van der Waals surface area (Å²) in [4.78, 5) is 35.6. The first-order valence-electron chi connectivity index (χ1n) is 20.6. The van der Waals surface area contributed by atoms with Gasteiger partial charge in [0, 0.05) is 19.3 Å². The van der Waals surface area contributed by atoms with Crippen LogP contribution in [0.15, 0.2) is 0 Å². The number of hydrogen-bond donors (Lipinski definition) is 1. The molecule has 292 valence electrons. The topological polar surface area (TPSA) is 99.1 Å². The van der Waals surface area contributed by atoms with Gasteiger partial charge in [-0.05, 0) is 12.8 Å². The zero-order chi connectivity index (χ0) is 36.5. The quantitative estimate of drug-likeness (QED) is 0.0293. The molecule has 0 aliphatic rings. The van der Waals surface area contributed by atoms with Gasteiger partial charge in [-0.1, -0.05) is 168 Å². The second-order valence-corrected chi connectivity index (χ2v) is 16.9. The van der Waals surface area contributed by atoms with E-state index in [2.05, 4.69) is 13.8 Å². The van der Waals surface area contributed by atoms with Gasteiger partial charge >= 0.3 is 13.8 Å². The van der Waals surface area contributed by atoms with Gasteiger partial charge in [-0.25, -0.2) is 4.57 Å². The number of unbranched alkanes of at least 4 members (excludes halogenated alkanes) is 24. The van der Waals surface area contributed by atoms with E-state index in [0.29, 0.717) is 23.9 Å². The Hall–Kier alpha value is -0.790. The summed E-state index contributed by atoms with van der Waals surface area (Å²) in [5, 5.41) is 0. The maximum atomic E-state index is 12.8. The average Bonchev–Trinajstić information content (AvgIpc) is 3.03. The second-order valence-electron chi connectivity index (χ2n) is 15.5. The molecule has 1 N–H and O–H groups in total. The highest BCUT2D eigenvalue weighted by atomic mass is 31.2. The van der Waals surface area contributed by atoms with Crippen molar-refractivity contribution in [2.75, 3.05) is 40.9 Å². The molecule has 0 rings (SSSR count). The Kier molecular flexibility index (Phi) is 32.5. The number of nitrogens with zero attached hydrogens (tertiary/aromatic N) is 1. The molecule has 0 saturated carbocycles. The lowest BCUT2D eigenvalue weighted by molar-refractivity contribution is -0.870. The molecule has 0 bridgehead atoms. The van der Waals surface area contributed by atoms with Gasteiger partial charge in [0.1, 0.15) is 31.6 Å². The molecule has 49 heavy (non-hydrogen) atoms. The number of rotatable bonds is 38. The van der Waals surface area contributed by atoms with E-state index in [1.165, 1.54) is 128 Å². The van der Waals surface area contributed by atoms with E-state index < -0.39 is 13.9 Å². The van der Waals surface area contributed by atoms with Crippen LogP contribution in [0.5, 0.6) is 0 Å². The first-order valence-corrected chi connectivity index (χ1v) is 22.1. The normalized spacial score (nSPS) is 13.8. The first kappa shape index (κ1) is 48.2. The van der Waals surface area contributed by atoms with E-state index in [-0.39, 0.29) is 31.4 Å². The van der Waals surface area contributed by atoms with Crippen LogP contribution in [0.2, 0.25) is 0 Å². The van der Waals surface area contributed by atoms with Crippen LogP contribution in [-0.4, -0.2) is 68.1 Å². The van der Waals surface area contributed by atoms with Gasteiger partial charge in [0.05, 0.1) is 21.1 Å². The van der Waals surface area contributed by atoms with Crippen LogP contribution in [0, 0.1) is 0 Å². The number of ether oxygens (including phenoxy) is 1. The fourth-order valence-electron chi connectivity index (χ4n) is 6.02. The Morgan fingerprint density at radius 1 is 0.592 bits per heavy atom. The maximum absolute atomic E-state index is 12.8. The van der Waals surface area contributed by atoms with E-state index >= 15 is 0 Å². The number of quaternary nitrogens is 1. The highest BCUT2D eigenvalue weighted by molar-refractivity contribution is 7.47. The minimum absolute atomic E-state index is 0.0374. The minimum Gasteiger partial charge on any atom is -0.463 e. The van der Waals surface area contributed by atoms with Gasteiger partial charge in [0.15, 0.2) is 0 Å². The fraction of sp³-hybridized carbons (Fsp3) is 0.950. The van der Waals surface area contributed by atoms with Crippen molar-refractivity contribution < 1.29 is 37.3 Å². The molecule has 0 amide bonds. The third kappa shape index (κ3) is 36.8. The largest absolute Gasteiger partial charge is 0.472 e. The molecule has 0 aromatic rings. The predicted octanol–water partition coefficient (Wildman–Crippen LogP) is 11.7. The molecule has 0 fully saturated rings. The van der Waals surface area contributed by atoms with Crippen LogP contribution in [-0.2, 0) is 27.9 Å². The number of likely N-dealkylation sites (N-methyl/N-ethyl adjacent to an activating group) is 1. The van der Waals surface area contributed by atoms with Gasteiger partial charge in [0.2, 0.25) is 0 Å². The molecule has 8 nitrogen and oxygen atoms in total. The number of ketones is 1. The Bertz CT molecular complexity index is 817. The predicted molar refractivity (Wildman–Crippen MR) is 205 cm³/mol. The lowest BCUT2D eigenvalue weighted by atomic mass is 10.0. The number of carbonyl (C=O) groups excluding carboxylic acids is 2. The molecule has 0 aromatic carbocycles. The summed E-state index contributed by atoms with van der Waals surface area (Å²) >= 11 is 0. The molecule has 0 aliphatic carbocycles. The standard InChI is InChI=1S/C40H80NO7P/c1-6-8-10-12-14-16-18-20-22-24-26-28-30-32-38(42)36-39(48-49(44,45)47-35-34-41(3,4)5)37-46-40(43)33-31-29-27-25-23-21-19-17-15-13-11-9-7-2/h39H,6-37H2,1-5H3/p+1/t39-/m1/s1. The van der Waals surface area contributed by atoms with Crippen molar-refractivity contribution in [1.82, 2.24) is 0 Å². The molecule has 0 aliphatic heterocycles. The van der Waals surface area contributed by atoms with Crippen molar-refractivity contribution in [1.29, 1.82) is 0 Å². The minimum atomic E-state index is -4.42. The Morgan fingerprint density at radius 2 is 0.959 bits per heavy atom. The number of carbonyl (C=O) groups is 2. The lowest BCUT2D eigenvalue weighted by Gasteiger charge is -2.25. The Balaban J connectivity index is 4.35. The smallest absolute Gasteiger partial charge is 0.463 e. The van der Waals surface area contributed by atoms with E-state index in [1.54, 1.807) is 0 Å². The molecular formula is C40H81NO7P+. The summed E-state index contributed by atoms with van der Waals surface area (Å²) in [7, 11) is 1.46. The van der Waals surface area contributed by atoms with Crippen LogP contribution in [0.4, 0.5) is 0 Å². The Morgan fingerprint density at radius 3 is 1.35 bits per heavy atom. The van der Waals surface area contributed by atoms with Crippen LogP contribution >= 0.6 is 7.82 Å². The number of hydrogen-bond acceptors (Lipinski definition) is 6. The summed E-state index contributed by atoms with van der Waals surface area (Å²) in [5.74, 6) is -0.411. The van der Waals surface area contributed by atoms with Gasteiger partial charge in [-0.2, -0.15) is 0 Å². The zero-order valence-electron chi connectivity index (χ0n) is 33.0. The molecule has 1 unspecified atom stereocenters. The highest BCUT2D eigenvalue weighted by Gasteiger charge is 2.30. The van der Waals surface area contributed by atoms with E-state index in [1.807, 2.05) is 21.1 Å².